The number of aliphatic carboxylic acids is 1. The number of carbonyl (C=O) groups excluding carboxylic acids is 1. The Hall–Kier alpha value is -1.59. The van der Waals surface area contributed by atoms with Crippen molar-refractivity contribution in [3.8, 4) is 0 Å². The summed E-state index contributed by atoms with van der Waals surface area (Å²) >= 11 is 0. The molecule has 1 saturated heterocycles. The Kier molecular flexibility index (Phi) is 3.51. The zero-order valence-corrected chi connectivity index (χ0v) is 8.98. The molecule has 0 aromatic heterocycles. The van der Waals surface area contributed by atoms with Gasteiger partial charge in [0.05, 0.1) is 6.54 Å². The van der Waals surface area contributed by atoms with Crippen molar-refractivity contribution in [3.05, 3.63) is 12.7 Å². The van der Waals surface area contributed by atoms with Gasteiger partial charge < -0.3 is 9.84 Å². The van der Waals surface area contributed by atoms with Gasteiger partial charge in [-0.3, -0.25) is 4.90 Å². The maximum atomic E-state index is 13.2. The number of carbonyl (C=O) groups is 2. The van der Waals surface area contributed by atoms with E-state index in [1.54, 1.807) is 0 Å². The van der Waals surface area contributed by atoms with E-state index in [2.05, 4.69) is 6.58 Å². The molecule has 1 N–H and O–H groups in total. The molecule has 0 spiro atoms. The number of carboxylic acids is 1. The highest BCUT2D eigenvalue weighted by molar-refractivity contribution is 5.84. The van der Waals surface area contributed by atoms with Crippen molar-refractivity contribution in [1.82, 2.24) is 4.90 Å². The number of halogens is 1. The third-order valence-corrected chi connectivity index (χ3v) is 2.60. The summed E-state index contributed by atoms with van der Waals surface area (Å²) < 4.78 is 17.9. The molecule has 1 rings (SSSR count). The minimum atomic E-state index is -1.53. The second kappa shape index (κ2) is 4.51. The van der Waals surface area contributed by atoms with Gasteiger partial charge in [0.2, 0.25) is 0 Å². The van der Waals surface area contributed by atoms with Crippen molar-refractivity contribution in [1.29, 1.82) is 0 Å². The molecule has 0 aromatic carbocycles. The summed E-state index contributed by atoms with van der Waals surface area (Å²) in [5.74, 6) is -1.23. The first-order valence-corrected chi connectivity index (χ1v) is 4.84. The summed E-state index contributed by atoms with van der Waals surface area (Å²) in [5, 5.41) is 9.00. The van der Waals surface area contributed by atoms with Gasteiger partial charge in [-0.15, -0.1) is 0 Å². The van der Waals surface area contributed by atoms with Crippen molar-refractivity contribution < 1.29 is 23.8 Å². The largest absolute Gasteiger partial charge is 0.480 e. The van der Waals surface area contributed by atoms with Crippen LogP contribution in [0.1, 0.15) is 13.3 Å². The maximum Gasteiger partial charge on any atom is 0.411 e. The fraction of sp³-hybridized carbons (Fsp3) is 0.600. The van der Waals surface area contributed by atoms with Crippen LogP contribution >= 0.6 is 0 Å². The van der Waals surface area contributed by atoms with Gasteiger partial charge in [0, 0.05) is 6.42 Å². The lowest BCUT2D eigenvalue weighted by Crippen LogP contribution is -2.50. The van der Waals surface area contributed by atoms with E-state index in [-0.39, 0.29) is 19.6 Å². The topological polar surface area (TPSA) is 66.8 Å². The van der Waals surface area contributed by atoms with Gasteiger partial charge in [-0.1, -0.05) is 12.7 Å². The number of ether oxygens (including phenoxy) is 1. The molecule has 0 radical (unpaired) electrons. The molecule has 0 aromatic rings. The van der Waals surface area contributed by atoms with Crippen molar-refractivity contribution in [2.24, 2.45) is 0 Å². The van der Waals surface area contributed by atoms with Gasteiger partial charge in [0.1, 0.15) is 18.3 Å². The van der Waals surface area contributed by atoms with Gasteiger partial charge in [-0.05, 0) is 6.92 Å². The second-order valence-corrected chi connectivity index (χ2v) is 3.86. The Morgan fingerprint density at radius 3 is 2.88 bits per heavy atom. The highest BCUT2D eigenvalue weighted by atomic mass is 19.1. The zero-order valence-electron chi connectivity index (χ0n) is 8.98. The van der Waals surface area contributed by atoms with Crippen LogP contribution in [0.15, 0.2) is 12.7 Å². The van der Waals surface area contributed by atoms with Crippen LogP contribution in [0.5, 0.6) is 0 Å². The molecule has 1 amide bonds. The Balaban J connectivity index is 2.81. The lowest BCUT2D eigenvalue weighted by molar-refractivity contribution is -0.147. The first kappa shape index (κ1) is 12.5. The lowest BCUT2D eigenvalue weighted by atomic mass is 9.99. The molecule has 1 aliphatic heterocycles. The Labute approximate surface area is 92.5 Å². The molecule has 16 heavy (non-hydrogen) atoms. The van der Waals surface area contributed by atoms with E-state index in [1.807, 2.05) is 0 Å². The fourth-order valence-corrected chi connectivity index (χ4v) is 1.69. The van der Waals surface area contributed by atoms with Crippen LogP contribution in [0.25, 0.3) is 0 Å². The number of hydrogen-bond donors (Lipinski definition) is 1. The summed E-state index contributed by atoms with van der Waals surface area (Å²) in [5.41, 5.74) is -1.53. The number of likely N-dealkylation sites (tertiary alicyclic amines) is 1. The number of rotatable bonds is 3. The predicted octanol–water partition coefficient (Wildman–Crippen LogP) is 1.20. The van der Waals surface area contributed by atoms with E-state index in [9.17, 15) is 14.0 Å². The minimum absolute atomic E-state index is 0.0258. The summed E-state index contributed by atoms with van der Waals surface area (Å²) in [4.78, 5) is 23.4. The molecule has 2 atom stereocenters. The molecule has 0 aliphatic carbocycles. The van der Waals surface area contributed by atoms with Gasteiger partial charge in [-0.2, -0.15) is 0 Å². The molecule has 1 aliphatic rings. The van der Waals surface area contributed by atoms with E-state index in [0.717, 1.165) is 4.90 Å². The van der Waals surface area contributed by atoms with Gasteiger partial charge in [0.25, 0.3) is 0 Å². The third kappa shape index (κ3) is 2.15. The number of amides is 1. The number of carboxylic acid groups (broad SMARTS) is 1. The summed E-state index contributed by atoms with van der Waals surface area (Å²) in [6, 6.07) is 0. The number of alkyl halides is 1. The SMILES string of the molecule is C=CCOC(=O)N1C[C@@H](F)C[C@@]1(C)C(=O)O. The van der Waals surface area contributed by atoms with Gasteiger partial charge in [-0.25, -0.2) is 14.0 Å². The molecule has 90 valence electrons. The van der Waals surface area contributed by atoms with Crippen LogP contribution < -0.4 is 0 Å². The van der Waals surface area contributed by atoms with Crippen LogP contribution in [-0.2, 0) is 9.53 Å². The first-order chi connectivity index (χ1) is 7.41. The van der Waals surface area contributed by atoms with Crippen molar-refractivity contribution in [2.45, 2.75) is 25.1 Å². The zero-order chi connectivity index (χ0) is 12.3. The Morgan fingerprint density at radius 1 is 1.75 bits per heavy atom. The standard InChI is InChI=1S/C10H14FNO4/c1-3-4-16-9(15)12-6-7(11)5-10(12,2)8(13)14/h3,7H,1,4-6H2,2H3,(H,13,14)/t7-,10-/m0/s1. The number of hydrogen-bond acceptors (Lipinski definition) is 3. The van der Waals surface area contributed by atoms with Crippen LogP contribution in [0, 0.1) is 0 Å². The average molecular weight is 231 g/mol. The fourth-order valence-electron chi connectivity index (χ4n) is 1.69. The van der Waals surface area contributed by atoms with Crippen molar-refractivity contribution >= 4 is 12.1 Å². The average Bonchev–Trinajstić information content (AvgIpc) is 2.52. The molecular weight excluding hydrogens is 217 g/mol. The maximum absolute atomic E-state index is 13.2. The molecule has 0 bridgehead atoms. The lowest BCUT2D eigenvalue weighted by Gasteiger charge is -2.29. The van der Waals surface area contributed by atoms with Crippen molar-refractivity contribution in [3.63, 3.8) is 0 Å². The molecule has 5 nitrogen and oxygen atoms in total. The van der Waals surface area contributed by atoms with E-state index in [4.69, 9.17) is 9.84 Å². The highest BCUT2D eigenvalue weighted by Crippen LogP contribution is 2.31. The Morgan fingerprint density at radius 2 is 2.38 bits per heavy atom. The van der Waals surface area contributed by atoms with E-state index < -0.39 is 23.8 Å². The first-order valence-electron chi connectivity index (χ1n) is 4.84. The third-order valence-electron chi connectivity index (χ3n) is 2.60. The van der Waals surface area contributed by atoms with E-state index in [0.29, 0.717) is 0 Å². The molecular formula is C10H14FNO4. The highest BCUT2D eigenvalue weighted by Gasteiger charge is 2.51. The van der Waals surface area contributed by atoms with Crippen molar-refractivity contribution in [2.75, 3.05) is 13.2 Å². The smallest absolute Gasteiger partial charge is 0.411 e. The van der Waals surface area contributed by atoms with Gasteiger partial charge >= 0.3 is 12.1 Å². The predicted molar refractivity (Wildman–Crippen MR) is 53.8 cm³/mol. The van der Waals surface area contributed by atoms with Crippen LogP contribution in [0.2, 0.25) is 0 Å². The second-order valence-electron chi connectivity index (χ2n) is 3.86. The summed E-state index contributed by atoms with van der Waals surface area (Å²) in [6.07, 6.45) is -1.02. The van der Waals surface area contributed by atoms with E-state index >= 15 is 0 Å². The van der Waals surface area contributed by atoms with Crippen LogP contribution in [0.3, 0.4) is 0 Å². The quantitative estimate of drug-likeness (QED) is 0.741. The van der Waals surface area contributed by atoms with E-state index in [1.165, 1.54) is 13.0 Å². The summed E-state index contributed by atoms with van der Waals surface area (Å²) in [7, 11) is 0. The number of nitrogens with zero attached hydrogens (tertiary/aromatic N) is 1. The Bertz CT molecular complexity index is 320. The minimum Gasteiger partial charge on any atom is -0.480 e. The monoisotopic (exact) mass is 231 g/mol. The molecule has 6 heteroatoms. The molecule has 0 saturated carbocycles. The van der Waals surface area contributed by atoms with Gasteiger partial charge in [0.15, 0.2) is 0 Å². The normalized spacial score (nSPS) is 28.9. The summed E-state index contributed by atoms with van der Waals surface area (Å²) in [6.45, 7) is 4.39. The molecule has 1 fully saturated rings. The van der Waals surface area contributed by atoms with Crippen LogP contribution in [-0.4, -0.2) is 46.9 Å². The van der Waals surface area contributed by atoms with Crippen LogP contribution in [0.4, 0.5) is 9.18 Å². The molecule has 1 heterocycles. The molecule has 0 unspecified atom stereocenters.